The van der Waals surface area contributed by atoms with Gasteiger partial charge in [-0.25, -0.2) is 0 Å². The lowest BCUT2D eigenvalue weighted by atomic mass is 10.1. The Balaban J connectivity index is 1.90. The molecule has 1 aromatic rings. The van der Waals surface area contributed by atoms with Crippen LogP contribution >= 0.6 is 11.3 Å². The van der Waals surface area contributed by atoms with E-state index in [1.807, 2.05) is 11.3 Å². The Morgan fingerprint density at radius 2 is 2.35 bits per heavy atom. The Morgan fingerprint density at radius 1 is 1.47 bits per heavy atom. The third kappa shape index (κ3) is 3.54. The summed E-state index contributed by atoms with van der Waals surface area (Å²) in [5.74, 6) is 0. The first-order valence-corrected chi connectivity index (χ1v) is 7.72. The summed E-state index contributed by atoms with van der Waals surface area (Å²) in [6, 6.07) is 2.99. The molecule has 2 rings (SSSR count). The molecule has 1 fully saturated rings. The molecule has 1 unspecified atom stereocenters. The van der Waals surface area contributed by atoms with Gasteiger partial charge in [-0.05, 0) is 29.9 Å². The summed E-state index contributed by atoms with van der Waals surface area (Å²) in [5.41, 5.74) is 1.54. The van der Waals surface area contributed by atoms with E-state index in [0.29, 0.717) is 6.04 Å². The lowest BCUT2D eigenvalue weighted by molar-refractivity contribution is 0.188. The highest BCUT2D eigenvalue weighted by Crippen LogP contribution is 2.20. The van der Waals surface area contributed by atoms with Crippen molar-refractivity contribution in [3.05, 3.63) is 21.9 Å². The highest BCUT2D eigenvalue weighted by Gasteiger charge is 2.19. The molecule has 0 saturated carbocycles. The molecule has 0 spiro atoms. The van der Waals surface area contributed by atoms with E-state index >= 15 is 0 Å². The number of nitrogens with one attached hydrogen (secondary N) is 1. The fourth-order valence-corrected chi connectivity index (χ4v) is 3.62. The lowest BCUT2D eigenvalue weighted by Crippen LogP contribution is -2.50. The van der Waals surface area contributed by atoms with Crippen molar-refractivity contribution in [2.24, 2.45) is 0 Å². The van der Waals surface area contributed by atoms with E-state index in [9.17, 15) is 0 Å². The second kappa shape index (κ2) is 6.53. The van der Waals surface area contributed by atoms with Crippen LogP contribution in [-0.4, -0.2) is 30.6 Å². The van der Waals surface area contributed by atoms with Crippen LogP contribution in [0.15, 0.2) is 11.4 Å². The van der Waals surface area contributed by atoms with Crippen molar-refractivity contribution in [3.63, 3.8) is 0 Å². The molecule has 0 bridgehead atoms. The number of rotatable bonds is 5. The van der Waals surface area contributed by atoms with Crippen molar-refractivity contribution >= 4 is 11.3 Å². The largest absolute Gasteiger partial charge is 0.311 e. The average Bonchev–Trinajstić information content (AvgIpc) is 2.77. The van der Waals surface area contributed by atoms with Gasteiger partial charge in [-0.2, -0.15) is 0 Å². The minimum absolute atomic E-state index is 0.707. The third-order valence-electron chi connectivity index (χ3n) is 3.56. The molecular weight excluding hydrogens is 228 g/mol. The first kappa shape index (κ1) is 13.1. The molecule has 96 valence electrons. The average molecular weight is 252 g/mol. The summed E-state index contributed by atoms with van der Waals surface area (Å²) in [6.45, 7) is 9.24. The SMILES string of the molecule is CCCC1CN(Cc2sccc2CC)CCN1. The van der Waals surface area contributed by atoms with Crippen molar-refractivity contribution in [1.29, 1.82) is 0 Å². The summed E-state index contributed by atoms with van der Waals surface area (Å²) < 4.78 is 0. The second-order valence-corrected chi connectivity index (χ2v) is 5.90. The van der Waals surface area contributed by atoms with E-state index in [-0.39, 0.29) is 0 Å². The van der Waals surface area contributed by atoms with E-state index in [1.54, 1.807) is 10.4 Å². The summed E-state index contributed by atoms with van der Waals surface area (Å²) in [6.07, 6.45) is 3.76. The Labute approximate surface area is 109 Å². The first-order chi connectivity index (χ1) is 8.33. The molecule has 1 aliphatic rings. The van der Waals surface area contributed by atoms with Crippen LogP contribution in [0.3, 0.4) is 0 Å². The van der Waals surface area contributed by atoms with Gasteiger partial charge in [-0.15, -0.1) is 11.3 Å². The van der Waals surface area contributed by atoms with Crippen molar-refractivity contribution in [3.8, 4) is 0 Å². The Hall–Kier alpha value is -0.380. The van der Waals surface area contributed by atoms with Crippen LogP contribution in [0.4, 0.5) is 0 Å². The summed E-state index contributed by atoms with van der Waals surface area (Å²) in [4.78, 5) is 4.19. The summed E-state index contributed by atoms with van der Waals surface area (Å²) >= 11 is 1.92. The molecular formula is C14H24N2S. The Morgan fingerprint density at radius 3 is 3.12 bits per heavy atom. The topological polar surface area (TPSA) is 15.3 Å². The highest BCUT2D eigenvalue weighted by atomic mass is 32.1. The molecule has 2 heterocycles. The smallest absolute Gasteiger partial charge is 0.0331 e. The van der Waals surface area contributed by atoms with Crippen LogP contribution in [0.1, 0.15) is 37.1 Å². The van der Waals surface area contributed by atoms with Gasteiger partial charge in [0.05, 0.1) is 0 Å². The Bertz CT molecular complexity index is 333. The van der Waals surface area contributed by atoms with Crippen LogP contribution < -0.4 is 5.32 Å². The maximum Gasteiger partial charge on any atom is 0.0331 e. The summed E-state index contributed by atoms with van der Waals surface area (Å²) in [5, 5.41) is 5.86. The summed E-state index contributed by atoms with van der Waals surface area (Å²) in [7, 11) is 0. The van der Waals surface area contributed by atoms with Crippen molar-refractivity contribution < 1.29 is 0 Å². The third-order valence-corrected chi connectivity index (χ3v) is 4.51. The van der Waals surface area contributed by atoms with Crippen molar-refractivity contribution in [2.75, 3.05) is 19.6 Å². The Kier molecular flexibility index (Phi) is 5.01. The van der Waals surface area contributed by atoms with E-state index in [1.165, 1.54) is 32.4 Å². The van der Waals surface area contributed by atoms with Gasteiger partial charge >= 0.3 is 0 Å². The molecule has 1 saturated heterocycles. The number of hydrogen-bond acceptors (Lipinski definition) is 3. The minimum Gasteiger partial charge on any atom is -0.311 e. The molecule has 1 aliphatic heterocycles. The normalized spacial score (nSPS) is 21.9. The van der Waals surface area contributed by atoms with E-state index in [2.05, 4.69) is 35.5 Å². The molecule has 2 nitrogen and oxygen atoms in total. The quantitative estimate of drug-likeness (QED) is 0.867. The van der Waals surface area contributed by atoms with E-state index < -0.39 is 0 Å². The molecule has 0 radical (unpaired) electrons. The maximum absolute atomic E-state index is 3.62. The van der Waals surface area contributed by atoms with Crippen LogP contribution in [-0.2, 0) is 13.0 Å². The molecule has 0 aliphatic carbocycles. The van der Waals surface area contributed by atoms with Crippen molar-refractivity contribution in [1.82, 2.24) is 10.2 Å². The van der Waals surface area contributed by atoms with Gasteiger partial charge < -0.3 is 5.32 Å². The minimum atomic E-state index is 0.707. The van der Waals surface area contributed by atoms with Gasteiger partial charge in [-0.3, -0.25) is 4.90 Å². The molecule has 0 aromatic carbocycles. The predicted octanol–water partition coefficient (Wildman–Crippen LogP) is 2.88. The molecule has 1 atom stereocenters. The van der Waals surface area contributed by atoms with Gasteiger partial charge in [0, 0.05) is 37.1 Å². The zero-order chi connectivity index (χ0) is 12.1. The fraction of sp³-hybridized carbons (Fsp3) is 0.714. The van der Waals surface area contributed by atoms with Gasteiger partial charge in [0.15, 0.2) is 0 Å². The standard InChI is InChI=1S/C14H24N2S/c1-3-5-13-10-16(8-7-15-13)11-14-12(4-2)6-9-17-14/h6,9,13,15H,3-5,7-8,10-11H2,1-2H3. The molecule has 1 N–H and O–H groups in total. The van der Waals surface area contributed by atoms with Gasteiger partial charge in [0.2, 0.25) is 0 Å². The highest BCUT2D eigenvalue weighted by molar-refractivity contribution is 7.10. The van der Waals surface area contributed by atoms with Crippen LogP contribution in [0.5, 0.6) is 0 Å². The molecule has 0 amide bonds. The number of piperazine rings is 1. The van der Waals surface area contributed by atoms with Gasteiger partial charge in [0.1, 0.15) is 0 Å². The second-order valence-electron chi connectivity index (χ2n) is 4.90. The number of nitrogens with zero attached hydrogens (tertiary/aromatic N) is 1. The number of hydrogen-bond donors (Lipinski definition) is 1. The van der Waals surface area contributed by atoms with Gasteiger partial charge in [-0.1, -0.05) is 20.3 Å². The number of aryl methyl sites for hydroxylation is 1. The van der Waals surface area contributed by atoms with Crippen LogP contribution in [0.25, 0.3) is 0 Å². The van der Waals surface area contributed by atoms with Crippen LogP contribution in [0.2, 0.25) is 0 Å². The monoisotopic (exact) mass is 252 g/mol. The van der Waals surface area contributed by atoms with Gasteiger partial charge in [0.25, 0.3) is 0 Å². The fourth-order valence-electron chi connectivity index (χ4n) is 2.60. The maximum atomic E-state index is 3.62. The van der Waals surface area contributed by atoms with Crippen molar-refractivity contribution in [2.45, 2.75) is 45.7 Å². The van der Waals surface area contributed by atoms with Crippen LogP contribution in [0, 0.1) is 0 Å². The van der Waals surface area contributed by atoms with E-state index in [0.717, 1.165) is 13.1 Å². The first-order valence-electron chi connectivity index (χ1n) is 6.84. The molecule has 3 heteroatoms. The predicted molar refractivity (Wildman–Crippen MR) is 75.7 cm³/mol. The lowest BCUT2D eigenvalue weighted by Gasteiger charge is -2.33. The zero-order valence-electron chi connectivity index (χ0n) is 11.0. The molecule has 1 aromatic heterocycles. The number of thiophene rings is 1. The zero-order valence-corrected chi connectivity index (χ0v) is 11.9. The molecule has 17 heavy (non-hydrogen) atoms. The van der Waals surface area contributed by atoms with E-state index in [4.69, 9.17) is 0 Å².